The molecule has 2 heterocycles. The number of anilines is 3. The standard InChI is InChI=1S/C13H19N7/c14-9-1-3-10(4-2-9)17-13-15-7-5-11(19-13)18-12-6-8-16-20-12/h5-10H,1-4,14H2,(H3,15,16,17,18,19,20). The predicted molar refractivity (Wildman–Crippen MR) is 77.8 cm³/mol. The highest BCUT2D eigenvalue weighted by Crippen LogP contribution is 2.20. The lowest BCUT2D eigenvalue weighted by molar-refractivity contribution is 0.410. The molecule has 1 fully saturated rings. The first-order chi connectivity index (χ1) is 9.79. The molecule has 0 aliphatic heterocycles. The van der Waals surface area contributed by atoms with Crippen molar-refractivity contribution in [3.05, 3.63) is 24.5 Å². The molecule has 5 N–H and O–H groups in total. The maximum Gasteiger partial charge on any atom is 0.224 e. The van der Waals surface area contributed by atoms with Crippen LogP contribution in [0.1, 0.15) is 25.7 Å². The van der Waals surface area contributed by atoms with E-state index in [0.717, 1.165) is 37.3 Å². The number of hydrogen-bond donors (Lipinski definition) is 4. The van der Waals surface area contributed by atoms with Crippen LogP contribution in [0.2, 0.25) is 0 Å². The van der Waals surface area contributed by atoms with Crippen molar-refractivity contribution in [2.75, 3.05) is 10.6 Å². The third-order valence-corrected chi connectivity index (χ3v) is 3.52. The number of rotatable bonds is 4. The molecule has 7 heteroatoms. The number of nitrogens with one attached hydrogen (secondary N) is 3. The van der Waals surface area contributed by atoms with Crippen LogP contribution in [0.3, 0.4) is 0 Å². The van der Waals surface area contributed by atoms with Gasteiger partial charge in [-0.25, -0.2) is 4.98 Å². The van der Waals surface area contributed by atoms with E-state index in [1.807, 2.05) is 12.1 Å². The molecule has 2 aromatic heterocycles. The lowest BCUT2D eigenvalue weighted by atomic mass is 9.92. The summed E-state index contributed by atoms with van der Waals surface area (Å²) >= 11 is 0. The van der Waals surface area contributed by atoms with Gasteiger partial charge in [0.25, 0.3) is 0 Å². The summed E-state index contributed by atoms with van der Waals surface area (Å²) in [5.74, 6) is 2.19. The molecule has 2 aromatic rings. The zero-order chi connectivity index (χ0) is 13.8. The molecule has 0 amide bonds. The van der Waals surface area contributed by atoms with Crippen molar-refractivity contribution < 1.29 is 0 Å². The summed E-state index contributed by atoms with van der Waals surface area (Å²) in [6.07, 6.45) is 7.69. The van der Waals surface area contributed by atoms with Gasteiger partial charge >= 0.3 is 0 Å². The predicted octanol–water partition coefficient (Wildman–Crippen LogP) is 1.63. The fraction of sp³-hybridized carbons (Fsp3) is 0.462. The molecule has 1 aliphatic rings. The molecule has 3 rings (SSSR count). The van der Waals surface area contributed by atoms with Gasteiger partial charge in [-0.15, -0.1) is 0 Å². The summed E-state index contributed by atoms with van der Waals surface area (Å²) in [4.78, 5) is 8.71. The van der Waals surface area contributed by atoms with E-state index in [0.29, 0.717) is 18.0 Å². The van der Waals surface area contributed by atoms with Crippen LogP contribution in [-0.2, 0) is 0 Å². The average Bonchev–Trinajstić information content (AvgIpc) is 2.95. The molecule has 0 bridgehead atoms. The lowest BCUT2D eigenvalue weighted by Crippen LogP contribution is -2.33. The highest BCUT2D eigenvalue weighted by molar-refractivity contribution is 5.52. The number of aromatic nitrogens is 4. The molecule has 0 unspecified atom stereocenters. The quantitative estimate of drug-likeness (QED) is 0.675. The SMILES string of the molecule is NC1CCC(Nc2nccc(Nc3ccn[nH]3)n2)CC1. The lowest BCUT2D eigenvalue weighted by Gasteiger charge is -2.26. The van der Waals surface area contributed by atoms with Crippen LogP contribution in [0.4, 0.5) is 17.6 Å². The van der Waals surface area contributed by atoms with Gasteiger partial charge in [0.05, 0.1) is 6.20 Å². The van der Waals surface area contributed by atoms with E-state index in [-0.39, 0.29) is 0 Å². The summed E-state index contributed by atoms with van der Waals surface area (Å²) in [7, 11) is 0. The number of hydrogen-bond acceptors (Lipinski definition) is 6. The summed E-state index contributed by atoms with van der Waals surface area (Å²) in [5, 5.41) is 13.2. The molecule has 20 heavy (non-hydrogen) atoms. The first-order valence-corrected chi connectivity index (χ1v) is 6.91. The molecule has 106 valence electrons. The van der Waals surface area contributed by atoms with Crippen LogP contribution < -0.4 is 16.4 Å². The monoisotopic (exact) mass is 273 g/mol. The van der Waals surface area contributed by atoms with Crippen molar-refractivity contribution in [2.24, 2.45) is 5.73 Å². The minimum Gasteiger partial charge on any atom is -0.351 e. The topological polar surface area (TPSA) is 105 Å². The van der Waals surface area contributed by atoms with Crippen molar-refractivity contribution >= 4 is 17.6 Å². The Morgan fingerprint density at radius 3 is 2.75 bits per heavy atom. The third-order valence-electron chi connectivity index (χ3n) is 3.52. The van der Waals surface area contributed by atoms with Crippen LogP contribution in [0.15, 0.2) is 24.5 Å². The van der Waals surface area contributed by atoms with Gasteiger partial charge in [0, 0.05) is 24.3 Å². The number of aromatic amines is 1. The van der Waals surface area contributed by atoms with Crippen molar-refractivity contribution in [3.63, 3.8) is 0 Å². The van der Waals surface area contributed by atoms with Crippen molar-refractivity contribution in [3.8, 4) is 0 Å². The molecule has 0 radical (unpaired) electrons. The molecular formula is C13H19N7. The number of nitrogens with zero attached hydrogens (tertiary/aromatic N) is 3. The first kappa shape index (κ1) is 12.9. The van der Waals surface area contributed by atoms with Crippen LogP contribution in [-0.4, -0.2) is 32.2 Å². The Morgan fingerprint density at radius 1 is 1.15 bits per heavy atom. The van der Waals surface area contributed by atoms with Gasteiger partial charge in [-0.1, -0.05) is 0 Å². The van der Waals surface area contributed by atoms with Crippen molar-refractivity contribution in [2.45, 2.75) is 37.8 Å². The van der Waals surface area contributed by atoms with E-state index in [9.17, 15) is 0 Å². The Kier molecular flexibility index (Phi) is 3.78. The first-order valence-electron chi connectivity index (χ1n) is 6.91. The van der Waals surface area contributed by atoms with E-state index in [4.69, 9.17) is 5.73 Å². The molecule has 1 saturated carbocycles. The zero-order valence-corrected chi connectivity index (χ0v) is 11.2. The van der Waals surface area contributed by atoms with Crippen molar-refractivity contribution in [1.82, 2.24) is 20.2 Å². The normalized spacial score (nSPS) is 22.4. The fourth-order valence-corrected chi connectivity index (χ4v) is 2.41. The van der Waals surface area contributed by atoms with Crippen LogP contribution in [0.5, 0.6) is 0 Å². The second-order valence-electron chi connectivity index (χ2n) is 5.12. The molecule has 0 saturated heterocycles. The summed E-state index contributed by atoms with van der Waals surface area (Å²) in [6.45, 7) is 0. The molecule has 1 aliphatic carbocycles. The zero-order valence-electron chi connectivity index (χ0n) is 11.2. The van der Waals surface area contributed by atoms with Gasteiger partial charge in [-0.2, -0.15) is 10.1 Å². The van der Waals surface area contributed by atoms with E-state index in [1.165, 1.54) is 0 Å². The maximum absolute atomic E-state index is 5.91. The molecule has 0 atom stereocenters. The largest absolute Gasteiger partial charge is 0.351 e. The van der Waals surface area contributed by atoms with Crippen LogP contribution in [0, 0.1) is 0 Å². The molecular weight excluding hydrogens is 254 g/mol. The van der Waals surface area contributed by atoms with Gasteiger partial charge in [0.2, 0.25) is 5.95 Å². The number of H-pyrrole nitrogens is 1. The summed E-state index contributed by atoms with van der Waals surface area (Å²) in [5.41, 5.74) is 5.91. The van der Waals surface area contributed by atoms with Crippen molar-refractivity contribution in [1.29, 1.82) is 0 Å². The Morgan fingerprint density at radius 2 is 2.00 bits per heavy atom. The van der Waals surface area contributed by atoms with Crippen LogP contribution >= 0.6 is 0 Å². The molecule has 0 spiro atoms. The Hall–Kier alpha value is -2.15. The minimum atomic E-state index is 0.349. The number of nitrogens with two attached hydrogens (primary N) is 1. The fourth-order valence-electron chi connectivity index (χ4n) is 2.41. The smallest absolute Gasteiger partial charge is 0.224 e. The Balaban J connectivity index is 1.62. The molecule has 7 nitrogen and oxygen atoms in total. The van der Waals surface area contributed by atoms with Gasteiger partial charge in [0.1, 0.15) is 11.6 Å². The van der Waals surface area contributed by atoms with E-state index >= 15 is 0 Å². The second-order valence-corrected chi connectivity index (χ2v) is 5.12. The van der Waals surface area contributed by atoms with E-state index in [2.05, 4.69) is 30.8 Å². The van der Waals surface area contributed by atoms with E-state index < -0.39 is 0 Å². The van der Waals surface area contributed by atoms with E-state index in [1.54, 1.807) is 12.4 Å². The van der Waals surface area contributed by atoms with Gasteiger partial charge < -0.3 is 16.4 Å². The molecule has 0 aromatic carbocycles. The minimum absolute atomic E-state index is 0.349. The third kappa shape index (κ3) is 3.24. The van der Waals surface area contributed by atoms with Gasteiger partial charge in [0.15, 0.2) is 0 Å². The average molecular weight is 273 g/mol. The Labute approximate surface area is 117 Å². The van der Waals surface area contributed by atoms with Gasteiger partial charge in [-0.3, -0.25) is 5.10 Å². The van der Waals surface area contributed by atoms with Crippen LogP contribution in [0.25, 0.3) is 0 Å². The highest BCUT2D eigenvalue weighted by Gasteiger charge is 2.18. The summed E-state index contributed by atoms with van der Waals surface area (Å²) in [6, 6.07) is 4.43. The maximum atomic E-state index is 5.91. The van der Waals surface area contributed by atoms with Gasteiger partial charge in [-0.05, 0) is 31.7 Å². The highest BCUT2D eigenvalue weighted by atomic mass is 15.2. The Bertz CT molecular complexity index is 531. The second kappa shape index (κ2) is 5.87. The summed E-state index contributed by atoms with van der Waals surface area (Å²) < 4.78 is 0.